The zero-order valence-electron chi connectivity index (χ0n) is 31.2. The van der Waals surface area contributed by atoms with Gasteiger partial charge in [0.2, 0.25) is 0 Å². The molecular weight excluding hydrogens is 723 g/mol. The molecule has 0 aliphatic heterocycles. The van der Waals surface area contributed by atoms with Crippen molar-refractivity contribution in [3.63, 3.8) is 0 Å². The number of hydrogen-bond acceptors (Lipinski definition) is 4. The van der Waals surface area contributed by atoms with Crippen molar-refractivity contribution in [3.8, 4) is 52.5 Å². The van der Waals surface area contributed by atoms with Crippen LogP contribution in [-0.2, 0) is 0 Å². The van der Waals surface area contributed by atoms with Gasteiger partial charge in [-0.25, -0.2) is 0 Å². The summed E-state index contributed by atoms with van der Waals surface area (Å²) in [6.45, 7) is 0. The highest BCUT2D eigenvalue weighted by Crippen LogP contribution is 2.50. The van der Waals surface area contributed by atoms with Gasteiger partial charge in [-0.3, -0.25) is 0 Å². The zero-order valence-corrected chi connectivity index (χ0v) is 31.2. The van der Waals surface area contributed by atoms with Crippen molar-refractivity contribution < 1.29 is 0 Å². The Hall–Kier alpha value is -8.88. The Kier molecular flexibility index (Phi) is 7.28. The standard InChI is InChI=1S/C52H27N7/c53-28-32-21-23-33(24-22-32)34-25-26-43(37(27-34)31-56)59-46-20-10-5-15-40(46)49-51-47(38-13-3-8-18-44(38)57(51)41-16-6-1-11-35(41)29-54)50-48(52(49)59)39-14-4-9-19-45(39)58(50)42-17-7-2-12-36(42)30-55/h1-27H. The first-order chi connectivity index (χ1) is 29.1. The molecule has 0 fully saturated rings. The van der Waals surface area contributed by atoms with Gasteiger partial charge >= 0.3 is 0 Å². The summed E-state index contributed by atoms with van der Waals surface area (Å²) in [6, 6.07) is 63.3. The van der Waals surface area contributed by atoms with Crippen molar-refractivity contribution in [2.24, 2.45) is 0 Å². The first kappa shape index (κ1) is 33.5. The second-order valence-electron chi connectivity index (χ2n) is 14.5. The molecule has 0 saturated carbocycles. The Labute approximate surface area is 337 Å². The van der Waals surface area contributed by atoms with Gasteiger partial charge < -0.3 is 13.7 Å². The normalized spacial score (nSPS) is 11.3. The summed E-state index contributed by atoms with van der Waals surface area (Å²) in [5.41, 5.74) is 11.6. The fraction of sp³-hybridized carbons (Fsp3) is 0. The van der Waals surface area contributed by atoms with Gasteiger partial charge in [0, 0.05) is 32.3 Å². The number of nitriles is 4. The Morgan fingerprint density at radius 2 is 0.695 bits per heavy atom. The molecule has 0 N–H and O–H groups in total. The summed E-state index contributed by atoms with van der Waals surface area (Å²) in [4.78, 5) is 0. The second kappa shape index (κ2) is 12.8. The van der Waals surface area contributed by atoms with E-state index in [1.807, 2.05) is 115 Å². The van der Waals surface area contributed by atoms with Gasteiger partial charge in [-0.15, -0.1) is 0 Å². The molecule has 11 rings (SSSR count). The van der Waals surface area contributed by atoms with Gasteiger partial charge in [0.05, 0.1) is 78.5 Å². The van der Waals surface area contributed by atoms with Gasteiger partial charge in [-0.2, -0.15) is 21.0 Å². The van der Waals surface area contributed by atoms with Crippen LogP contribution >= 0.6 is 0 Å². The first-order valence-corrected chi connectivity index (χ1v) is 19.1. The Balaban J connectivity index is 1.44. The number of nitrogens with zero attached hydrogens (tertiary/aromatic N) is 7. The van der Waals surface area contributed by atoms with Crippen LogP contribution in [0.5, 0.6) is 0 Å². The number of rotatable bonds is 4. The molecule has 0 radical (unpaired) electrons. The van der Waals surface area contributed by atoms with E-state index in [-0.39, 0.29) is 0 Å². The van der Waals surface area contributed by atoms with Crippen molar-refractivity contribution in [1.82, 2.24) is 13.7 Å². The topological polar surface area (TPSA) is 110 Å². The summed E-state index contributed by atoms with van der Waals surface area (Å²) in [5.74, 6) is 0. The highest BCUT2D eigenvalue weighted by atomic mass is 15.1. The third-order valence-corrected chi connectivity index (χ3v) is 11.6. The van der Waals surface area contributed by atoms with Gasteiger partial charge in [0.25, 0.3) is 0 Å². The molecular formula is C52H27N7. The minimum Gasteiger partial charge on any atom is -0.307 e. The van der Waals surface area contributed by atoms with Crippen LogP contribution in [0.3, 0.4) is 0 Å². The highest BCUT2D eigenvalue weighted by Gasteiger charge is 2.30. The fourth-order valence-electron chi connectivity index (χ4n) is 9.16. The molecule has 59 heavy (non-hydrogen) atoms. The highest BCUT2D eigenvalue weighted by molar-refractivity contribution is 6.40. The smallest absolute Gasteiger partial charge is 0.101 e. The van der Waals surface area contributed by atoms with Crippen molar-refractivity contribution in [1.29, 1.82) is 21.0 Å². The van der Waals surface area contributed by atoms with Crippen LogP contribution in [0.15, 0.2) is 164 Å². The Morgan fingerprint density at radius 1 is 0.322 bits per heavy atom. The van der Waals surface area contributed by atoms with Gasteiger partial charge in [-0.1, -0.05) is 97.1 Å². The summed E-state index contributed by atoms with van der Waals surface area (Å²) in [6.07, 6.45) is 0. The third kappa shape index (κ3) is 4.65. The van der Waals surface area contributed by atoms with Crippen molar-refractivity contribution >= 4 is 65.4 Å². The molecule has 0 amide bonds. The van der Waals surface area contributed by atoms with Gasteiger partial charge in [-0.05, 0) is 77.9 Å². The third-order valence-electron chi connectivity index (χ3n) is 11.6. The summed E-state index contributed by atoms with van der Waals surface area (Å²) in [7, 11) is 0. The number of fused-ring (bicyclic) bond motifs is 12. The molecule has 0 spiro atoms. The Morgan fingerprint density at radius 3 is 1.12 bits per heavy atom. The first-order valence-electron chi connectivity index (χ1n) is 19.1. The largest absolute Gasteiger partial charge is 0.307 e. The van der Waals surface area contributed by atoms with Gasteiger partial charge in [0.15, 0.2) is 0 Å². The summed E-state index contributed by atoms with van der Waals surface area (Å²) < 4.78 is 6.66. The van der Waals surface area contributed by atoms with Crippen molar-refractivity contribution in [3.05, 3.63) is 186 Å². The number of benzene rings is 8. The van der Waals surface area contributed by atoms with Crippen LogP contribution in [0.25, 0.3) is 93.6 Å². The number of aromatic nitrogens is 3. The second-order valence-corrected chi connectivity index (χ2v) is 14.5. The molecule has 270 valence electrons. The monoisotopic (exact) mass is 749 g/mol. The van der Waals surface area contributed by atoms with E-state index in [0.29, 0.717) is 27.9 Å². The fourth-order valence-corrected chi connectivity index (χ4v) is 9.16. The van der Waals surface area contributed by atoms with Crippen LogP contribution in [0.4, 0.5) is 0 Å². The van der Waals surface area contributed by atoms with E-state index in [2.05, 4.69) is 74.4 Å². The van der Waals surface area contributed by atoms with E-state index in [1.165, 1.54) is 0 Å². The van der Waals surface area contributed by atoms with E-state index >= 15 is 0 Å². The van der Waals surface area contributed by atoms with Crippen LogP contribution in [0.1, 0.15) is 22.3 Å². The van der Waals surface area contributed by atoms with E-state index in [4.69, 9.17) is 0 Å². The molecule has 11 aromatic rings. The predicted molar refractivity (Wildman–Crippen MR) is 234 cm³/mol. The van der Waals surface area contributed by atoms with Gasteiger partial charge in [0.1, 0.15) is 18.2 Å². The van der Waals surface area contributed by atoms with E-state index in [1.54, 1.807) is 12.1 Å². The molecule has 7 heteroatoms. The van der Waals surface area contributed by atoms with Crippen LogP contribution in [0, 0.1) is 45.3 Å². The molecule has 0 bridgehead atoms. The zero-order chi connectivity index (χ0) is 39.8. The number of hydrogen-bond donors (Lipinski definition) is 0. The molecule has 7 nitrogen and oxygen atoms in total. The molecule has 0 saturated heterocycles. The summed E-state index contributed by atoms with van der Waals surface area (Å²) in [5, 5.41) is 47.4. The molecule has 3 heterocycles. The maximum atomic E-state index is 11.0. The minimum atomic E-state index is 0.483. The van der Waals surface area contributed by atoms with E-state index < -0.39 is 0 Å². The molecule has 0 atom stereocenters. The number of para-hydroxylation sites is 5. The van der Waals surface area contributed by atoms with Crippen molar-refractivity contribution in [2.75, 3.05) is 0 Å². The SMILES string of the molecule is N#Cc1ccc(-c2ccc(-n3c4ccccc4c4c5c(c6ccccc6n5-c5ccccc5C#N)c5c(c6ccccc6n5-c5ccccc5C#N)c43)c(C#N)c2)cc1. The lowest BCUT2D eigenvalue weighted by molar-refractivity contribution is 1.16. The average Bonchev–Trinajstić information content (AvgIpc) is 3.94. The lowest BCUT2D eigenvalue weighted by Gasteiger charge is -2.15. The maximum Gasteiger partial charge on any atom is 0.101 e. The molecule has 0 unspecified atom stereocenters. The average molecular weight is 750 g/mol. The van der Waals surface area contributed by atoms with E-state index in [0.717, 1.165) is 87.9 Å². The molecule has 8 aromatic carbocycles. The molecule has 0 aliphatic rings. The summed E-state index contributed by atoms with van der Waals surface area (Å²) >= 11 is 0. The van der Waals surface area contributed by atoms with Crippen LogP contribution in [-0.4, -0.2) is 13.7 Å². The molecule has 3 aromatic heterocycles. The molecule has 0 aliphatic carbocycles. The quantitative estimate of drug-likeness (QED) is 0.178. The van der Waals surface area contributed by atoms with Crippen LogP contribution < -0.4 is 0 Å². The lowest BCUT2D eigenvalue weighted by atomic mass is 10.0. The predicted octanol–water partition coefficient (Wildman–Crippen LogP) is 12.1. The van der Waals surface area contributed by atoms with Crippen molar-refractivity contribution in [2.45, 2.75) is 0 Å². The minimum absolute atomic E-state index is 0.483. The Bertz CT molecular complexity index is 3680. The van der Waals surface area contributed by atoms with Crippen LogP contribution in [0.2, 0.25) is 0 Å². The lowest BCUT2D eigenvalue weighted by Crippen LogP contribution is -2.01. The van der Waals surface area contributed by atoms with E-state index in [9.17, 15) is 21.0 Å². The maximum absolute atomic E-state index is 11.0.